The zero-order valence-electron chi connectivity index (χ0n) is 10.0. The lowest BCUT2D eigenvalue weighted by atomic mass is 10.1. The Kier molecular flexibility index (Phi) is 3.01. The second kappa shape index (κ2) is 4.51. The maximum Gasteiger partial charge on any atom is 0.0471 e. The third-order valence-electron chi connectivity index (χ3n) is 3.75. The van der Waals surface area contributed by atoms with Crippen LogP contribution in [0.15, 0.2) is 18.2 Å². The fraction of sp³-hybridized carbons (Fsp3) is 0.571. The van der Waals surface area contributed by atoms with Gasteiger partial charge in [-0.3, -0.25) is 0 Å². The van der Waals surface area contributed by atoms with E-state index in [0.29, 0.717) is 6.54 Å². The summed E-state index contributed by atoms with van der Waals surface area (Å²) >= 11 is 6.24. The van der Waals surface area contributed by atoms with Crippen molar-refractivity contribution in [2.45, 2.75) is 38.3 Å². The first kappa shape index (κ1) is 11.4. The lowest BCUT2D eigenvalue weighted by Gasteiger charge is -2.27. The molecule has 2 aliphatic rings. The van der Waals surface area contributed by atoms with E-state index in [1.165, 1.54) is 37.9 Å². The Morgan fingerprint density at radius 2 is 2.00 bits per heavy atom. The van der Waals surface area contributed by atoms with Gasteiger partial charge < -0.3 is 10.6 Å². The van der Waals surface area contributed by atoms with Crippen LogP contribution >= 0.6 is 11.6 Å². The average Bonchev–Trinajstić information content (AvgIpc) is 3.17. The van der Waals surface area contributed by atoms with E-state index >= 15 is 0 Å². The van der Waals surface area contributed by atoms with Crippen molar-refractivity contribution in [3.05, 3.63) is 28.8 Å². The Balaban J connectivity index is 1.90. The van der Waals surface area contributed by atoms with Crippen LogP contribution in [0.25, 0.3) is 0 Å². The molecule has 0 saturated heterocycles. The molecule has 0 heterocycles. The van der Waals surface area contributed by atoms with Gasteiger partial charge in [-0.1, -0.05) is 17.7 Å². The first-order valence-corrected chi connectivity index (χ1v) is 6.91. The van der Waals surface area contributed by atoms with Crippen LogP contribution in [0.5, 0.6) is 0 Å². The zero-order valence-corrected chi connectivity index (χ0v) is 10.8. The van der Waals surface area contributed by atoms with Gasteiger partial charge in [-0.05, 0) is 43.7 Å². The number of nitrogens with zero attached hydrogens (tertiary/aromatic N) is 1. The van der Waals surface area contributed by atoms with E-state index in [2.05, 4.69) is 11.0 Å². The minimum Gasteiger partial charge on any atom is -0.368 e. The minimum absolute atomic E-state index is 0.531. The summed E-state index contributed by atoms with van der Waals surface area (Å²) in [5.41, 5.74) is 8.23. The van der Waals surface area contributed by atoms with Crippen LogP contribution in [0.1, 0.15) is 31.2 Å². The van der Waals surface area contributed by atoms with Gasteiger partial charge in [0.15, 0.2) is 0 Å². The summed E-state index contributed by atoms with van der Waals surface area (Å²) in [6.45, 7) is 1.72. The molecule has 0 aromatic heterocycles. The lowest BCUT2D eigenvalue weighted by molar-refractivity contribution is 0.714. The molecule has 0 unspecified atom stereocenters. The number of halogens is 1. The number of nitrogens with two attached hydrogens (primary N) is 1. The Labute approximate surface area is 108 Å². The van der Waals surface area contributed by atoms with Crippen LogP contribution in [-0.4, -0.2) is 12.6 Å². The molecule has 92 valence electrons. The first-order valence-electron chi connectivity index (χ1n) is 6.53. The van der Waals surface area contributed by atoms with Crippen LogP contribution in [0.2, 0.25) is 5.02 Å². The minimum atomic E-state index is 0.531. The van der Waals surface area contributed by atoms with Crippen molar-refractivity contribution in [3.8, 4) is 0 Å². The standard InChI is InChI=1S/C14H19ClN2/c15-13-2-1-3-14(12(13)8-16)17(11-6-7-11)9-10-4-5-10/h1-3,10-11H,4-9,16H2. The van der Waals surface area contributed by atoms with Crippen molar-refractivity contribution in [2.24, 2.45) is 11.7 Å². The fourth-order valence-corrected chi connectivity index (χ4v) is 2.67. The van der Waals surface area contributed by atoms with Gasteiger partial charge in [0.2, 0.25) is 0 Å². The highest BCUT2D eigenvalue weighted by atomic mass is 35.5. The van der Waals surface area contributed by atoms with Gasteiger partial charge in [0, 0.05) is 35.4 Å². The molecule has 2 saturated carbocycles. The molecule has 0 spiro atoms. The molecule has 0 amide bonds. The Morgan fingerprint density at radius 1 is 1.24 bits per heavy atom. The molecule has 0 bridgehead atoms. The predicted octanol–water partition coefficient (Wildman–Crippen LogP) is 3.18. The van der Waals surface area contributed by atoms with E-state index in [1.807, 2.05) is 12.1 Å². The second-order valence-corrected chi connectivity index (χ2v) is 5.68. The highest BCUT2D eigenvalue weighted by Crippen LogP contribution is 2.40. The Morgan fingerprint density at radius 3 is 2.59 bits per heavy atom. The molecule has 2 aliphatic carbocycles. The summed E-state index contributed by atoms with van der Waals surface area (Å²) in [6.07, 6.45) is 5.43. The smallest absolute Gasteiger partial charge is 0.0471 e. The van der Waals surface area contributed by atoms with Crippen molar-refractivity contribution in [1.82, 2.24) is 0 Å². The molecule has 2 N–H and O–H groups in total. The van der Waals surface area contributed by atoms with E-state index in [1.54, 1.807) is 0 Å². The molecule has 1 aromatic rings. The van der Waals surface area contributed by atoms with Gasteiger partial charge in [0.25, 0.3) is 0 Å². The maximum atomic E-state index is 6.24. The van der Waals surface area contributed by atoms with E-state index in [0.717, 1.165) is 22.5 Å². The highest BCUT2D eigenvalue weighted by molar-refractivity contribution is 6.31. The highest BCUT2D eigenvalue weighted by Gasteiger charge is 2.34. The van der Waals surface area contributed by atoms with Crippen LogP contribution in [0.3, 0.4) is 0 Å². The molecule has 17 heavy (non-hydrogen) atoms. The Hall–Kier alpha value is -0.730. The molecule has 2 fully saturated rings. The van der Waals surface area contributed by atoms with Gasteiger partial charge in [0.1, 0.15) is 0 Å². The largest absolute Gasteiger partial charge is 0.368 e. The fourth-order valence-electron chi connectivity index (χ4n) is 2.43. The monoisotopic (exact) mass is 250 g/mol. The van der Waals surface area contributed by atoms with Gasteiger partial charge in [-0.25, -0.2) is 0 Å². The number of benzene rings is 1. The van der Waals surface area contributed by atoms with Crippen LogP contribution in [0, 0.1) is 5.92 Å². The summed E-state index contributed by atoms with van der Waals surface area (Å²) < 4.78 is 0. The van der Waals surface area contributed by atoms with Gasteiger partial charge in [-0.15, -0.1) is 0 Å². The zero-order chi connectivity index (χ0) is 11.8. The summed E-state index contributed by atoms with van der Waals surface area (Å²) in [4.78, 5) is 2.55. The summed E-state index contributed by atoms with van der Waals surface area (Å²) in [7, 11) is 0. The van der Waals surface area contributed by atoms with Crippen molar-refractivity contribution >= 4 is 17.3 Å². The number of rotatable bonds is 5. The maximum absolute atomic E-state index is 6.24. The quantitative estimate of drug-likeness (QED) is 0.870. The Bertz CT molecular complexity index is 411. The topological polar surface area (TPSA) is 29.3 Å². The predicted molar refractivity (Wildman–Crippen MR) is 72.4 cm³/mol. The normalized spacial score (nSPS) is 19.4. The SMILES string of the molecule is NCc1c(Cl)cccc1N(CC1CC1)C1CC1. The van der Waals surface area contributed by atoms with Crippen molar-refractivity contribution in [2.75, 3.05) is 11.4 Å². The molecular formula is C14H19ClN2. The first-order chi connectivity index (χ1) is 8.29. The van der Waals surface area contributed by atoms with E-state index in [-0.39, 0.29) is 0 Å². The lowest BCUT2D eigenvalue weighted by Crippen LogP contribution is -2.29. The van der Waals surface area contributed by atoms with Gasteiger partial charge in [-0.2, -0.15) is 0 Å². The molecule has 0 aliphatic heterocycles. The molecule has 1 aromatic carbocycles. The van der Waals surface area contributed by atoms with Crippen LogP contribution in [0.4, 0.5) is 5.69 Å². The summed E-state index contributed by atoms with van der Waals surface area (Å²) in [5.74, 6) is 0.903. The third-order valence-corrected chi connectivity index (χ3v) is 4.10. The van der Waals surface area contributed by atoms with Crippen molar-refractivity contribution in [1.29, 1.82) is 0 Å². The van der Waals surface area contributed by atoms with E-state index in [9.17, 15) is 0 Å². The van der Waals surface area contributed by atoms with Crippen LogP contribution < -0.4 is 10.6 Å². The molecule has 2 nitrogen and oxygen atoms in total. The molecule has 3 rings (SSSR count). The van der Waals surface area contributed by atoms with Crippen LogP contribution in [-0.2, 0) is 6.54 Å². The van der Waals surface area contributed by atoms with E-state index in [4.69, 9.17) is 17.3 Å². The second-order valence-electron chi connectivity index (χ2n) is 5.27. The summed E-state index contributed by atoms with van der Waals surface area (Å²) in [6, 6.07) is 6.89. The summed E-state index contributed by atoms with van der Waals surface area (Å²) in [5, 5.41) is 0.812. The molecule has 0 radical (unpaired) electrons. The van der Waals surface area contributed by atoms with Crippen molar-refractivity contribution in [3.63, 3.8) is 0 Å². The van der Waals surface area contributed by atoms with Gasteiger partial charge in [0.05, 0.1) is 0 Å². The average molecular weight is 251 g/mol. The van der Waals surface area contributed by atoms with Gasteiger partial charge >= 0.3 is 0 Å². The molecule has 3 heteroatoms. The molecular weight excluding hydrogens is 232 g/mol. The number of hydrogen-bond acceptors (Lipinski definition) is 2. The van der Waals surface area contributed by atoms with Crippen molar-refractivity contribution < 1.29 is 0 Å². The van der Waals surface area contributed by atoms with E-state index < -0.39 is 0 Å². The third kappa shape index (κ3) is 2.43. The molecule has 0 atom stereocenters. The number of anilines is 1. The number of hydrogen-bond donors (Lipinski definition) is 1.